The van der Waals surface area contributed by atoms with E-state index in [1.807, 2.05) is 48.5 Å². The number of nitrogens with one attached hydrogen (secondary N) is 1. The highest BCUT2D eigenvalue weighted by molar-refractivity contribution is 8.00. The molecule has 0 aliphatic heterocycles. The van der Waals surface area contributed by atoms with Gasteiger partial charge in [-0.1, -0.05) is 12.1 Å². The van der Waals surface area contributed by atoms with Crippen molar-refractivity contribution in [2.24, 2.45) is 0 Å². The average molecular weight is 340 g/mol. The summed E-state index contributed by atoms with van der Waals surface area (Å²) in [5, 5.41) is 7.02. The number of thioether (sulfide) groups is 1. The first-order valence-corrected chi connectivity index (χ1v) is 8.25. The van der Waals surface area contributed by atoms with E-state index in [4.69, 9.17) is 4.74 Å². The van der Waals surface area contributed by atoms with Gasteiger partial charge in [-0.05, 0) is 36.4 Å². The molecule has 0 aliphatic rings. The smallest absolute Gasteiger partial charge is 0.234 e. The normalized spacial score (nSPS) is 10.4. The number of nitrogens with zero attached hydrogens (tertiary/aromatic N) is 3. The topological polar surface area (TPSA) is 69.0 Å². The van der Waals surface area contributed by atoms with Gasteiger partial charge in [0.15, 0.2) is 0 Å². The van der Waals surface area contributed by atoms with Crippen LogP contribution in [0.1, 0.15) is 0 Å². The predicted molar refractivity (Wildman–Crippen MR) is 93.7 cm³/mol. The minimum atomic E-state index is -0.0802. The van der Waals surface area contributed by atoms with Crippen molar-refractivity contribution in [1.82, 2.24) is 14.8 Å². The van der Waals surface area contributed by atoms with Crippen molar-refractivity contribution in [2.45, 2.75) is 4.90 Å². The molecule has 0 saturated heterocycles. The van der Waals surface area contributed by atoms with E-state index >= 15 is 0 Å². The fourth-order valence-electron chi connectivity index (χ4n) is 2.12. The lowest BCUT2D eigenvalue weighted by Crippen LogP contribution is -2.15. The van der Waals surface area contributed by atoms with E-state index in [2.05, 4.69) is 15.4 Å². The standard InChI is InChI=1S/C17H16N4O2S/c1-23-13-6-8-14(9-7-13)24-10-17(22)20-15-4-2-3-5-16(15)21-12-18-11-19-21/h2-9,11-12H,10H2,1H3,(H,20,22). The Bertz CT molecular complexity index is 804. The van der Waals surface area contributed by atoms with E-state index in [0.717, 1.165) is 16.3 Å². The molecule has 0 aliphatic carbocycles. The molecule has 7 heteroatoms. The quantitative estimate of drug-likeness (QED) is 0.699. The summed E-state index contributed by atoms with van der Waals surface area (Å²) in [6, 6.07) is 15.1. The average Bonchev–Trinajstić information content (AvgIpc) is 3.15. The van der Waals surface area contributed by atoms with Gasteiger partial charge >= 0.3 is 0 Å². The van der Waals surface area contributed by atoms with E-state index in [9.17, 15) is 4.79 Å². The molecule has 1 N–H and O–H groups in total. The minimum absolute atomic E-state index is 0.0802. The second-order valence-electron chi connectivity index (χ2n) is 4.87. The zero-order valence-electron chi connectivity index (χ0n) is 13.0. The number of aromatic nitrogens is 3. The van der Waals surface area contributed by atoms with E-state index < -0.39 is 0 Å². The Morgan fingerprint density at radius 1 is 1.21 bits per heavy atom. The summed E-state index contributed by atoms with van der Waals surface area (Å²) >= 11 is 1.47. The van der Waals surface area contributed by atoms with Crippen LogP contribution >= 0.6 is 11.8 Å². The predicted octanol–water partition coefficient (Wildman–Crippen LogP) is 3.01. The molecule has 24 heavy (non-hydrogen) atoms. The first-order chi connectivity index (χ1) is 11.8. The molecule has 0 bridgehead atoms. The largest absolute Gasteiger partial charge is 0.497 e. The van der Waals surface area contributed by atoms with Crippen molar-refractivity contribution < 1.29 is 9.53 Å². The number of methoxy groups -OCH3 is 1. The number of ether oxygens (including phenoxy) is 1. The molecule has 0 atom stereocenters. The highest BCUT2D eigenvalue weighted by Gasteiger charge is 2.09. The van der Waals surface area contributed by atoms with Crippen molar-refractivity contribution in [3.8, 4) is 11.4 Å². The Labute approximate surface area is 143 Å². The van der Waals surface area contributed by atoms with Gasteiger partial charge in [0, 0.05) is 4.90 Å². The fourth-order valence-corrected chi connectivity index (χ4v) is 2.82. The summed E-state index contributed by atoms with van der Waals surface area (Å²) in [5.74, 6) is 1.03. The molecular weight excluding hydrogens is 324 g/mol. The maximum absolute atomic E-state index is 12.2. The summed E-state index contributed by atoms with van der Waals surface area (Å²) in [6.45, 7) is 0. The summed E-state index contributed by atoms with van der Waals surface area (Å²) in [5.41, 5.74) is 1.47. The van der Waals surface area contributed by atoms with Gasteiger partial charge in [-0.2, -0.15) is 5.10 Å². The number of carbonyl (C=O) groups excluding carboxylic acids is 1. The van der Waals surface area contributed by atoms with Crippen LogP contribution in [-0.2, 0) is 4.79 Å². The third-order valence-corrected chi connectivity index (χ3v) is 4.29. The van der Waals surface area contributed by atoms with Crippen LogP contribution in [0.5, 0.6) is 5.75 Å². The molecule has 1 aromatic heterocycles. The van der Waals surface area contributed by atoms with E-state index in [-0.39, 0.29) is 5.91 Å². The monoisotopic (exact) mass is 340 g/mol. The van der Waals surface area contributed by atoms with Crippen molar-refractivity contribution in [3.63, 3.8) is 0 Å². The van der Waals surface area contributed by atoms with Gasteiger partial charge in [0.1, 0.15) is 18.4 Å². The molecule has 0 spiro atoms. The molecule has 2 aromatic carbocycles. The lowest BCUT2D eigenvalue weighted by atomic mass is 10.2. The molecule has 0 radical (unpaired) electrons. The van der Waals surface area contributed by atoms with Gasteiger partial charge in [0.2, 0.25) is 5.91 Å². The Morgan fingerprint density at radius 3 is 2.71 bits per heavy atom. The highest BCUT2D eigenvalue weighted by atomic mass is 32.2. The van der Waals surface area contributed by atoms with Crippen LogP contribution in [0, 0.1) is 0 Å². The van der Waals surface area contributed by atoms with Crippen LogP contribution in [0.15, 0.2) is 66.1 Å². The molecule has 3 rings (SSSR count). The third-order valence-electron chi connectivity index (χ3n) is 3.27. The number of benzene rings is 2. The van der Waals surface area contributed by atoms with E-state index in [1.165, 1.54) is 18.1 Å². The number of hydrogen-bond acceptors (Lipinski definition) is 5. The van der Waals surface area contributed by atoms with Crippen LogP contribution in [0.3, 0.4) is 0 Å². The number of carbonyl (C=O) groups is 1. The van der Waals surface area contributed by atoms with Gasteiger partial charge in [0.05, 0.1) is 24.2 Å². The molecular formula is C17H16N4O2S. The van der Waals surface area contributed by atoms with E-state index in [1.54, 1.807) is 18.1 Å². The zero-order valence-corrected chi connectivity index (χ0v) is 13.9. The van der Waals surface area contributed by atoms with Crippen molar-refractivity contribution in [1.29, 1.82) is 0 Å². The maximum atomic E-state index is 12.2. The van der Waals surface area contributed by atoms with Crippen LogP contribution in [-0.4, -0.2) is 33.5 Å². The Balaban J connectivity index is 1.63. The number of anilines is 1. The van der Waals surface area contributed by atoms with Crippen LogP contribution < -0.4 is 10.1 Å². The maximum Gasteiger partial charge on any atom is 0.234 e. The summed E-state index contributed by atoms with van der Waals surface area (Å²) in [4.78, 5) is 17.2. The lowest BCUT2D eigenvalue weighted by molar-refractivity contribution is -0.113. The third kappa shape index (κ3) is 3.94. The molecule has 3 aromatic rings. The molecule has 0 unspecified atom stereocenters. The fraction of sp³-hybridized carbons (Fsp3) is 0.118. The second kappa shape index (κ2) is 7.65. The van der Waals surface area contributed by atoms with Crippen molar-refractivity contribution in [3.05, 3.63) is 61.2 Å². The van der Waals surface area contributed by atoms with Crippen LogP contribution in [0.2, 0.25) is 0 Å². The molecule has 0 fully saturated rings. The van der Waals surface area contributed by atoms with Gasteiger partial charge in [-0.3, -0.25) is 4.79 Å². The number of rotatable bonds is 6. The Morgan fingerprint density at radius 2 is 2.00 bits per heavy atom. The number of para-hydroxylation sites is 2. The number of hydrogen-bond donors (Lipinski definition) is 1. The van der Waals surface area contributed by atoms with Crippen LogP contribution in [0.25, 0.3) is 5.69 Å². The minimum Gasteiger partial charge on any atom is -0.497 e. The molecule has 1 amide bonds. The van der Waals surface area contributed by atoms with Crippen molar-refractivity contribution >= 4 is 23.4 Å². The SMILES string of the molecule is COc1ccc(SCC(=O)Nc2ccccc2-n2cncn2)cc1. The van der Waals surface area contributed by atoms with Gasteiger partial charge in [-0.15, -0.1) is 11.8 Å². The summed E-state index contributed by atoms with van der Waals surface area (Å²) in [6.07, 6.45) is 3.05. The van der Waals surface area contributed by atoms with Crippen molar-refractivity contribution in [2.75, 3.05) is 18.2 Å². The van der Waals surface area contributed by atoms with E-state index in [0.29, 0.717) is 11.4 Å². The summed E-state index contributed by atoms with van der Waals surface area (Å²) in [7, 11) is 1.63. The van der Waals surface area contributed by atoms with Crippen LogP contribution in [0.4, 0.5) is 5.69 Å². The Kier molecular flexibility index (Phi) is 5.12. The Hall–Kier alpha value is -2.80. The van der Waals surface area contributed by atoms with Gasteiger partial charge < -0.3 is 10.1 Å². The summed E-state index contributed by atoms with van der Waals surface area (Å²) < 4.78 is 6.74. The first-order valence-electron chi connectivity index (χ1n) is 7.27. The zero-order chi connectivity index (χ0) is 16.8. The first kappa shape index (κ1) is 16.1. The second-order valence-corrected chi connectivity index (χ2v) is 5.92. The van der Waals surface area contributed by atoms with Gasteiger partial charge in [-0.25, -0.2) is 9.67 Å². The lowest BCUT2D eigenvalue weighted by Gasteiger charge is -2.10. The molecule has 0 saturated carbocycles. The van der Waals surface area contributed by atoms with Gasteiger partial charge in [0.25, 0.3) is 0 Å². The molecule has 122 valence electrons. The number of amides is 1. The highest BCUT2D eigenvalue weighted by Crippen LogP contribution is 2.23. The molecule has 1 heterocycles. The molecule has 6 nitrogen and oxygen atoms in total.